The van der Waals surface area contributed by atoms with Gasteiger partial charge in [0.25, 0.3) is 5.91 Å². The average molecular weight is 319 g/mol. The fourth-order valence-corrected chi connectivity index (χ4v) is 3.83. The van der Waals surface area contributed by atoms with Crippen LogP contribution in [-0.2, 0) is 0 Å². The minimum absolute atomic E-state index is 0.140. The molecule has 0 radical (unpaired) electrons. The quantitative estimate of drug-likeness (QED) is 0.899. The topological polar surface area (TPSA) is 40.5 Å². The van der Waals surface area contributed by atoms with E-state index in [0.29, 0.717) is 17.5 Å². The number of benzene rings is 1. The first-order valence-corrected chi connectivity index (χ1v) is 8.80. The van der Waals surface area contributed by atoms with Gasteiger partial charge in [-0.2, -0.15) is 0 Å². The van der Waals surface area contributed by atoms with E-state index in [1.54, 1.807) is 25.1 Å². The third-order valence-corrected chi connectivity index (χ3v) is 5.34. The molecule has 0 bridgehead atoms. The van der Waals surface area contributed by atoms with E-state index in [1.165, 1.54) is 0 Å². The Bertz CT molecular complexity index is 562. The van der Waals surface area contributed by atoms with Gasteiger partial charge in [0.05, 0.1) is 5.56 Å². The van der Waals surface area contributed by atoms with Gasteiger partial charge in [0.15, 0.2) is 0 Å². The highest BCUT2D eigenvalue weighted by Crippen LogP contribution is 2.37. The Morgan fingerprint density at radius 3 is 2.35 bits per heavy atom. The number of hydrogen-bond donors (Lipinski definition) is 1. The summed E-state index contributed by atoms with van der Waals surface area (Å²) >= 11 is 0. The number of carbonyl (C=O) groups is 1. The second-order valence-corrected chi connectivity index (χ2v) is 7.07. The van der Waals surface area contributed by atoms with E-state index < -0.39 is 0 Å². The van der Waals surface area contributed by atoms with Crippen LogP contribution < -0.4 is 0 Å². The largest absolute Gasteiger partial charge is 0.396 e. The Labute approximate surface area is 137 Å². The van der Waals surface area contributed by atoms with Crippen LogP contribution in [0.5, 0.6) is 0 Å². The number of aliphatic hydroxyl groups excluding tert-OH is 1. The minimum atomic E-state index is -0.378. The molecule has 0 saturated heterocycles. The standard InChI is InChI=1S/C19H26FNO2/c1-13-3-2-4-17(18(13)20)19(23)21(16-9-10-16)15-7-5-14(6-8-15)11-12-22/h2-4,14-16,22H,5-12H2,1H3/t14-,15-. The molecule has 1 aromatic carbocycles. The van der Waals surface area contributed by atoms with Crippen molar-refractivity contribution in [3.63, 3.8) is 0 Å². The molecule has 2 fully saturated rings. The number of hydrogen-bond acceptors (Lipinski definition) is 2. The van der Waals surface area contributed by atoms with Crippen molar-refractivity contribution in [3.8, 4) is 0 Å². The van der Waals surface area contributed by atoms with Crippen molar-refractivity contribution in [2.45, 2.75) is 64.0 Å². The van der Waals surface area contributed by atoms with Gasteiger partial charge >= 0.3 is 0 Å². The van der Waals surface area contributed by atoms with E-state index in [4.69, 9.17) is 5.11 Å². The summed E-state index contributed by atoms with van der Waals surface area (Å²) in [5.41, 5.74) is 0.743. The lowest BCUT2D eigenvalue weighted by atomic mass is 9.83. The van der Waals surface area contributed by atoms with Gasteiger partial charge in [-0.1, -0.05) is 12.1 Å². The Morgan fingerprint density at radius 2 is 1.78 bits per heavy atom. The fourth-order valence-electron chi connectivity index (χ4n) is 3.83. The third kappa shape index (κ3) is 3.57. The zero-order valence-electron chi connectivity index (χ0n) is 13.8. The van der Waals surface area contributed by atoms with Crippen LogP contribution >= 0.6 is 0 Å². The predicted molar refractivity (Wildman–Crippen MR) is 87.8 cm³/mol. The summed E-state index contributed by atoms with van der Waals surface area (Å²) in [5, 5.41) is 9.08. The third-order valence-electron chi connectivity index (χ3n) is 5.34. The maximum absolute atomic E-state index is 14.4. The molecule has 1 amide bonds. The molecule has 23 heavy (non-hydrogen) atoms. The van der Waals surface area contributed by atoms with Crippen LogP contribution in [0.15, 0.2) is 18.2 Å². The highest BCUT2D eigenvalue weighted by Gasteiger charge is 2.39. The highest BCUT2D eigenvalue weighted by atomic mass is 19.1. The summed E-state index contributed by atoms with van der Waals surface area (Å²) in [5.74, 6) is 0.0551. The van der Waals surface area contributed by atoms with E-state index in [0.717, 1.165) is 44.9 Å². The molecule has 126 valence electrons. The number of rotatable bonds is 5. The molecule has 3 nitrogen and oxygen atoms in total. The molecule has 2 aliphatic rings. The maximum Gasteiger partial charge on any atom is 0.257 e. The lowest BCUT2D eigenvalue weighted by Gasteiger charge is -2.37. The van der Waals surface area contributed by atoms with Gasteiger partial charge in [-0.05, 0) is 69.4 Å². The molecule has 3 rings (SSSR count). The second kappa shape index (κ2) is 7.00. The molecular formula is C19H26FNO2. The molecule has 0 unspecified atom stereocenters. The van der Waals surface area contributed by atoms with Crippen LogP contribution in [0.25, 0.3) is 0 Å². The van der Waals surface area contributed by atoms with Gasteiger partial charge in [0.1, 0.15) is 5.82 Å². The van der Waals surface area contributed by atoms with Gasteiger partial charge in [-0.3, -0.25) is 4.79 Å². The van der Waals surface area contributed by atoms with Gasteiger partial charge in [0, 0.05) is 18.7 Å². The van der Waals surface area contributed by atoms with E-state index in [9.17, 15) is 9.18 Å². The van der Waals surface area contributed by atoms with Crippen molar-refractivity contribution in [2.75, 3.05) is 6.61 Å². The summed E-state index contributed by atoms with van der Waals surface area (Å²) in [6.07, 6.45) is 6.98. The lowest BCUT2D eigenvalue weighted by Crippen LogP contribution is -2.44. The summed E-state index contributed by atoms with van der Waals surface area (Å²) in [7, 11) is 0. The molecule has 0 atom stereocenters. The Morgan fingerprint density at radius 1 is 1.17 bits per heavy atom. The maximum atomic E-state index is 14.4. The summed E-state index contributed by atoms with van der Waals surface area (Å²) in [6.45, 7) is 1.95. The normalized spacial score (nSPS) is 24.5. The number of nitrogens with zero attached hydrogens (tertiary/aromatic N) is 1. The summed E-state index contributed by atoms with van der Waals surface area (Å²) in [4.78, 5) is 14.9. The monoisotopic (exact) mass is 319 g/mol. The first-order chi connectivity index (χ1) is 11.1. The molecule has 0 spiro atoms. The van der Waals surface area contributed by atoms with Crippen LogP contribution in [0.1, 0.15) is 60.9 Å². The zero-order chi connectivity index (χ0) is 16.4. The average Bonchev–Trinajstić information content (AvgIpc) is 3.37. The molecule has 1 N–H and O–H groups in total. The lowest BCUT2D eigenvalue weighted by molar-refractivity contribution is 0.0573. The summed E-state index contributed by atoms with van der Waals surface area (Å²) in [6, 6.07) is 5.59. The van der Waals surface area contributed by atoms with Crippen molar-refractivity contribution in [2.24, 2.45) is 5.92 Å². The number of carbonyl (C=O) groups excluding carboxylic acids is 1. The van der Waals surface area contributed by atoms with Crippen molar-refractivity contribution in [1.29, 1.82) is 0 Å². The molecule has 2 saturated carbocycles. The predicted octanol–water partition coefficient (Wildman–Crippen LogP) is 3.68. The van der Waals surface area contributed by atoms with Gasteiger partial charge in [-0.15, -0.1) is 0 Å². The molecule has 1 aromatic rings. The van der Waals surface area contributed by atoms with Crippen molar-refractivity contribution in [3.05, 3.63) is 35.1 Å². The van der Waals surface area contributed by atoms with Crippen LogP contribution in [0.2, 0.25) is 0 Å². The van der Waals surface area contributed by atoms with Crippen LogP contribution in [-0.4, -0.2) is 34.6 Å². The smallest absolute Gasteiger partial charge is 0.257 e. The van der Waals surface area contributed by atoms with E-state index in [2.05, 4.69) is 0 Å². The molecule has 0 aromatic heterocycles. The first kappa shape index (κ1) is 16.4. The fraction of sp³-hybridized carbons (Fsp3) is 0.632. The first-order valence-electron chi connectivity index (χ1n) is 8.80. The second-order valence-electron chi connectivity index (χ2n) is 7.07. The van der Waals surface area contributed by atoms with Gasteiger partial charge in [0.2, 0.25) is 0 Å². The van der Waals surface area contributed by atoms with Crippen LogP contribution in [0.3, 0.4) is 0 Å². The van der Waals surface area contributed by atoms with Crippen LogP contribution in [0, 0.1) is 18.7 Å². The minimum Gasteiger partial charge on any atom is -0.396 e. The number of aliphatic hydroxyl groups is 1. The Kier molecular flexibility index (Phi) is 5.00. The molecule has 0 aliphatic heterocycles. The highest BCUT2D eigenvalue weighted by molar-refractivity contribution is 5.95. The number of aryl methyl sites for hydroxylation is 1. The van der Waals surface area contributed by atoms with Crippen molar-refractivity contribution in [1.82, 2.24) is 4.90 Å². The summed E-state index contributed by atoms with van der Waals surface area (Å²) < 4.78 is 14.4. The molecule has 2 aliphatic carbocycles. The molecule has 0 heterocycles. The van der Waals surface area contributed by atoms with Crippen LogP contribution in [0.4, 0.5) is 4.39 Å². The van der Waals surface area contributed by atoms with E-state index in [1.807, 2.05) is 4.90 Å². The van der Waals surface area contributed by atoms with Gasteiger partial charge in [-0.25, -0.2) is 4.39 Å². The molecule has 4 heteroatoms. The van der Waals surface area contributed by atoms with E-state index in [-0.39, 0.29) is 29.9 Å². The number of amides is 1. The van der Waals surface area contributed by atoms with E-state index >= 15 is 0 Å². The van der Waals surface area contributed by atoms with Crippen molar-refractivity contribution < 1.29 is 14.3 Å². The van der Waals surface area contributed by atoms with Crippen molar-refractivity contribution >= 4 is 5.91 Å². The zero-order valence-corrected chi connectivity index (χ0v) is 13.8. The number of halogens is 1. The Hall–Kier alpha value is -1.42. The molecular weight excluding hydrogens is 293 g/mol. The van der Waals surface area contributed by atoms with Gasteiger partial charge < -0.3 is 10.0 Å². The Balaban J connectivity index is 1.75. The SMILES string of the molecule is Cc1cccc(C(=O)N(C2CC2)[C@H]2CC[C@H](CCO)CC2)c1F.